The fraction of sp³-hybridized carbons (Fsp3) is 0.300. The molecule has 0 spiro atoms. The summed E-state index contributed by atoms with van der Waals surface area (Å²) in [6, 6.07) is 17.5. The van der Waals surface area contributed by atoms with Gasteiger partial charge in [0.05, 0.1) is 0 Å². The standard InChI is InChI=1S/C12H16O.C8H8O/c1-10(2)9-12-5-3-11(4-6-12)7-8-13;1-7(9)8-5-3-2-4-6-8/h3-6,8,10H,7,9H2,1-2H3;2-6H,1H3. The smallest absolute Gasteiger partial charge is 0.159 e. The molecule has 2 heteroatoms. The van der Waals surface area contributed by atoms with Crippen molar-refractivity contribution < 1.29 is 9.59 Å². The minimum atomic E-state index is 0.121. The van der Waals surface area contributed by atoms with Gasteiger partial charge in [-0.25, -0.2) is 0 Å². The molecule has 0 aliphatic rings. The number of Topliss-reactive ketones (excluding diaryl/α,β-unsaturated/α-hetero) is 1. The number of rotatable bonds is 5. The highest BCUT2D eigenvalue weighted by molar-refractivity contribution is 5.93. The van der Waals surface area contributed by atoms with Crippen LogP contribution in [-0.4, -0.2) is 12.1 Å². The molecule has 0 amide bonds. The van der Waals surface area contributed by atoms with Gasteiger partial charge in [-0.15, -0.1) is 0 Å². The number of hydrogen-bond acceptors (Lipinski definition) is 2. The number of aldehydes is 1. The molecule has 0 saturated heterocycles. The average molecular weight is 296 g/mol. The lowest BCUT2D eigenvalue weighted by Gasteiger charge is -2.04. The van der Waals surface area contributed by atoms with Crippen LogP contribution in [0.15, 0.2) is 54.6 Å². The quantitative estimate of drug-likeness (QED) is 0.600. The molecule has 2 rings (SSSR count). The summed E-state index contributed by atoms with van der Waals surface area (Å²) < 4.78 is 0. The lowest BCUT2D eigenvalue weighted by Crippen LogP contribution is -1.94. The Hall–Kier alpha value is -2.22. The second kappa shape index (κ2) is 9.67. The van der Waals surface area contributed by atoms with E-state index < -0.39 is 0 Å². The van der Waals surface area contributed by atoms with Crippen molar-refractivity contribution in [3.8, 4) is 0 Å². The average Bonchev–Trinajstić information content (AvgIpc) is 2.50. The maximum absolute atomic E-state index is 10.6. The summed E-state index contributed by atoms with van der Waals surface area (Å²) in [5.74, 6) is 0.813. The van der Waals surface area contributed by atoms with Gasteiger partial charge in [-0.3, -0.25) is 4.79 Å². The number of benzene rings is 2. The van der Waals surface area contributed by atoms with Crippen molar-refractivity contribution in [3.05, 3.63) is 71.3 Å². The molecule has 2 aromatic rings. The molecule has 116 valence electrons. The fourth-order valence-electron chi connectivity index (χ4n) is 2.05. The van der Waals surface area contributed by atoms with Crippen molar-refractivity contribution in [2.45, 2.75) is 33.6 Å². The molecule has 0 atom stereocenters. The van der Waals surface area contributed by atoms with Gasteiger partial charge in [0.2, 0.25) is 0 Å². The molecule has 0 fully saturated rings. The molecule has 0 aromatic heterocycles. The molecule has 0 aliphatic carbocycles. The van der Waals surface area contributed by atoms with Gasteiger partial charge >= 0.3 is 0 Å². The topological polar surface area (TPSA) is 34.1 Å². The van der Waals surface area contributed by atoms with Gasteiger partial charge in [-0.05, 0) is 30.4 Å². The van der Waals surface area contributed by atoms with E-state index >= 15 is 0 Å². The molecule has 0 saturated carbocycles. The molecule has 0 bridgehead atoms. The SMILES string of the molecule is CC(=O)c1ccccc1.CC(C)Cc1ccc(CC=O)cc1. The first-order valence-corrected chi connectivity index (χ1v) is 7.60. The number of carbonyl (C=O) groups excluding carboxylic acids is 2. The first-order valence-electron chi connectivity index (χ1n) is 7.60. The highest BCUT2D eigenvalue weighted by Crippen LogP contribution is 2.09. The molecule has 0 unspecified atom stereocenters. The first kappa shape index (κ1) is 17.8. The predicted octanol–water partition coefficient (Wildman–Crippen LogP) is 4.52. The normalized spacial score (nSPS) is 9.82. The monoisotopic (exact) mass is 296 g/mol. The first-order chi connectivity index (χ1) is 10.5. The molecule has 0 heterocycles. The molecule has 0 N–H and O–H groups in total. The maximum Gasteiger partial charge on any atom is 0.159 e. The Morgan fingerprint density at radius 2 is 1.50 bits per heavy atom. The summed E-state index contributed by atoms with van der Waals surface area (Å²) in [7, 11) is 0. The number of hydrogen-bond donors (Lipinski definition) is 0. The van der Waals surface area contributed by atoms with Crippen LogP contribution in [0.3, 0.4) is 0 Å². The van der Waals surface area contributed by atoms with Gasteiger partial charge in [0.15, 0.2) is 5.78 Å². The molecular weight excluding hydrogens is 272 g/mol. The third kappa shape index (κ3) is 6.98. The summed E-state index contributed by atoms with van der Waals surface area (Å²) in [6.45, 7) is 5.98. The Morgan fingerprint density at radius 3 is 1.91 bits per heavy atom. The fourth-order valence-corrected chi connectivity index (χ4v) is 2.05. The van der Waals surface area contributed by atoms with E-state index in [2.05, 4.69) is 26.0 Å². The van der Waals surface area contributed by atoms with Crippen LogP contribution >= 0.6 is 0 Å². The van der Waals surface area contributed by atoms with Crippen molar-refractivity contribution in [2.75, 3.05) is 0 Å². The van der Waals surface area contributed by atoms with Gasteiger partial charge in [-0.1, -0.05) is 68.4 Å². The Kier molecular flexibility index (Phi) is 7.84. The molecule has 0 radical (unpaired) electrons. The van der Waals surface area contributed by atoms with Crippen LogP contribution < -0.4 is 0 Å². The van der Waals surface area contributed by atoms with Crippen LogP contribution in [0, 0.1) is 5.92 Å². The molecule has 2 aromatic carbocycles. The van der Waals surface area contributed by atoms with Gasteiger partial charge < -0.3 is 4.79 Å². The van der Waals surface area contributed by atoms with Crippen molar-refractivity contribution in [3.63, 3.8) is 0 Å². The van der Waals surface area contributed by atoms with Crippen LogP contribution in [0.1, 0.15) is 42.3 Å². The van der Waals surface area contributed by atoms with E-state index in [1.807, 2.05) is 42.5 Å². The van der Waals surface area contributed by atoms with Gasteiger partial charge in [0, 0.05) is 12.0 Å². The Morgan fingerprint density at radius 1 is 0.955 bits per heavy atom. The van der Waals surface area contributed by atoms with Crippen LogP contribution in [0.5, 0.6) is 0 Å². The van der Waals surface area contributed by atoms with Crippen LogP contribution in [0.2, 0.25) is 0 Å². The number of carbonyl (C=O) groups is 2. The van der Waals surface area contributed by atoms with E-state index in [1.165, 1.54) is 5.56 Å². The minimum absolute atomic E-state index is 0.121. The van der Waals surface area contributed by atoms with E-state index in [9.17, 15) is 9.59 Å². The summed E-state index contributed by atoms with van der Waals surface area (Å²) in [6.07, 6.45) is 2.58. The molecule has 22 heavy (non-hydrogen) atoms. The van der Waals surface area contributed by atoms with Gasteiger partial charge in [-0.2, -0.15) is 0 Å². The van der Waals surface area contributed by atoms with Crippen LogP contribution in [-0.2, 0) is 17.6 Å². The van der Waals surface area contributed by atoms with E-state index in [0.29, 0.717) is 12.3 Å². The van der Waals surface area contributed by atoms with Crippen LogP contribution in [0.25, 0.3) is 0 Å². The zero-order chi connectivity index (χ0) is 16.4. The summed E-state index contributed by atoms with van der Waals surface area (Å²) in [5, 5.41) is 0. The number of ketones is 1. The lowest BCUT2D eigenvalue weighted by molar-refractivity contribution is -0.107. The second-order valence-corrected chi connectivity index (χ2v) is 5.71. The van der Waals surface area contributed by atoms with Crippen molar-refractivity contribution in [2.24, 2.45) is 5.92 Å². The largest absolute Gasteiger partial charge is 0.303 e. The van der Waals surface area contributed by atoms with Gasteiger partial charge in [0.25, 0.3) is 0 Å². The van der Waals surface area contributed by atoms with Crippen molar-refractivity contribution in [1.82, 2.24) is 0 Å². The zero-order valence-electron chi connectivity index (χ0n) is 13.6. The minimum Gasteiger partial charge on any atom is -0.303 e. The van der Waals surface area contributed by atoms with E-state index in [0.717, 1.165) is 23.8 Å². The molecular formula is C20H24O2. The van der Waals surface area contributed by atoms with Crippen molar-refractivity contribution >= 4 is 12.1 Å². The molecule has 0 aliphatic heterocycles. The Labute approximate surface area is 133 Å². The van der Waals surface area contributed by atoms with Crippen LogP contribution in [0.4, 0.5) is 0 Å². The highest BCUT2D eigenvalue weighted by atomic mass is 16.1. The maximum atomic E-state index is 10.6. The second-order valence-electron chi connectivity index (χ2n) is 5.71. The van der Waals surface area contributed by atoms with E-state index in [4.69, 9.17) is 0 Å². The summed E-state index contributed by atoms with van der Waals surface area (Å²) in [4.78, 5) is 20.9. The summed E-state index contributed by atoms with van der Waals surface area (Å²) >= 11 is 0. The zero-order valence-corrected chi connectivity index (χ0v) is 13.6. The Balaban J connectivity index is 0.000000235. The highest BCUT2D eigenvalue weighted by Gasteiger charge is 1.97. The third-order valence-corrected chi connectivity index (χ3v) is 3.17. The van der Waals surface area contributed by atoms with E-state index in [-0.39, 0.29) is 5.78 Å². The van der Waals surface area contributed by atoms with Gasteiger partial charge in [0.1, 0.15) is 6.29 Å². The predicted molar refractivity (Wildman–Crippen MR) is 91.2 cm³/mol. The lowest BCUT2D eigenvalue weighted by atomic mass is 10.0. The Bertz CT molecular complexity index is 568. The molecule has 2 nitrogen and oxygen atoms in total. The third-order valence-electron chi connectivity index (χ3n) is 3.17. The van der Waals surface area contributed by atoms with E-state index in [1.54, 1.807) is 6.92 Å². The summed E-state index contributed by atoms with van der Waals surface area (Å²) in [5.41, 5.74) is 3.23. The van der Waals surface area contributed by atoms with Crippen molar-refractivity contribution in [1.29, 1.82) is 0 Å².